The Kier molecular flexibility index (Phi) is 11.8. The molecule has 0 spiro atoms. The molecule has 0 aromatic heterocycles. The van der Waals surface area contributed by atoms with Gasteiger partial charge in [0.25, 0.3) is 0 Å². The molecule has 0 aliphatic rings. The van der Waals surface area contributed by atoms with Crippen molar-refractivity contribution >= 4 is 0 Å². The monoisotopic (exact) mass is 246 g/mol. The summed E-state index contributed by atoms with van der Waals surface area (Å²) in [6, 6.07) is 0. The largest absolute Gasteiger partial charge is 0.404 e. The first-order valence-electron chi connectivity index (χ1n) is 5.79. The van der Waals surface area contributed by atoms with Crippen LogP contribution in [0.1, 0.15) is 27.7 Å². The number of allylic oxidation sites excluding steroid dienone is 8. The predicted molar refractivity (Wildman–Crippen MR) is 83.8 cm³/mol. The highest BCUT2D eigenvalue weighted by molar-refractivity contribution is 5.24. The lowest BCUT2D eigenvalue weighted by molar-refractivity contribution is 1.35. The molecule has 0 aromatic rings. The summed E-state index contributed by atoms with van der Waals surface area (Å²) in [5.74, 6) is 0. The van der Waals surface area contributed by atoms with Crippen molar-refractivity contribution in [2.24, 2.45) is 11.5 Å². The topological polar surface area (TPSA) is 52.0 Å². The number of nitrogens with two attached hydrogens (primary N) is 2. The zero-order chi connectivity index (χ0) is 14.6. The van der Waals surface area contributed by atoms with Crippen molar-refractivity contribution in [3.63, 3.8) is 0 Å². The summed E-state index contributed by atoms with van der Waals surface area (Å²) >= 11 is 0. The van der Waals surface area contributed by atoms with E-state index in [-0.39, 0.29) is 0 Å². The highest BCUT2D eigenvalue weighted by atomic mass is 14.6. The molecule has 0 amide bonds. The molecule has 0 atom stereocenters. The van der Waals surface area contributed by atoms with Gasteiger partial charge in [0, 0.05) is 5.70 Å². The van der Waals surface area contributed by atoms with Crippen molar-refractivity contribution in [1.82, 2.24) is 0 Å². The van der Waals surface area contributed by atoms with E-state index in [4.69, 9.17) is 11.5 Å². The van der Waals surface area contributed by atoms with Crippen LogP contribution in [0.25, 0.3) is 0 Å². The maximum absolute atomic E-state index is 5.40. The molecule has 0 saturated carbocycles. The van der Waals surface area contributed by atoms with Crippen molar-refractivity contribution in [2.45, 2.75) is 27.7 Å². The summed E-state index contributed by atoms with van der Waals surface area (Å²) in [6.07, 6.45) is 10.7. The fraction of sp³-hybridized carbons (Fsp3) is 0.250. The van der Waals surface area contributed by atoms with Crippen molar-refractivity contribution < 1.29 is 0 Å². The van der Waals surface area contributed by atoms with Crippen LogP contribution in [0.15, 0.2) is 72.2 Å². The molecular weight excluding hydrogens is 220 g/mol. The molecule has 0 rings (SSSR count). The average Bonchev–Trinajstić information content (AvgIpc) is 2.28. The van der Waals surface area contributed by atoms with Crippen LogP contribution in [0.3, 0.4) is 0 Å². The second kappa shape index (κ2) is 11.5. The van der Waals surface area contributed by atoms with E-state index in [1.165, 1.54) is 17.3 Å². The summed E-state index contributed by atoms with van der Waals surface area (Å²) in [6.45, 7) is 15.2. The van der Waals surface area contributed by atoms with E-state index in [9.17, 15) is 0 Å². The third-order valence-electron chi connectivity index (χ3n) is 1.79. The normalized spacial score (nSPS) is 12.1. The van der Waals surface area contributed by atoms with E-state index in [0.717, 1.165) is 5.57 Å². The van der Waals surface area contributed by atoms with Gasteiger partial charge in [0.05, 0.1) is 0 Å². The molecule has 0 heterocycles. The van der Waals surface area contributed by atoms with Crippen LogP contribution in [0.4, 0.5) is 0 Å². The molecule has 0 aliphatic heterocycles. The Morgan fingerprint density at radius 3 is 1.83 bits per heavy atom. The molecule has 100 valence electrons. The minimum Gasteiger partial charge on any atom is -0.404 e. The summed E-state index contributed by atoms with van der Waals surface area (Å²) < 4.78 is 0. The molecule has 0 aromatic carbocycles. The molecule has 0 unspecified atom stereocenters. The molecule has 0 radical (unpaired) electrons. The van der Waals surface area contributed by atoms with E-state index >= 15 is 0 Å². The fourth-order valence-corrected chi connectivity index (χ4v) is 1.06. The Morgan fingerprint density at radius 2 is 1.50 bits per heavy atom. The van der Waals surface area contributed by atoms with E-state index < -0.39 is 0 Å². The number of hydrogen-bond donors (Lipinski definition) is 2. The highest BCUT2D eigenvalue weighted by Crippen LogP contribution is 1.99. The smallest absolute Gasteiger partial charge is 0.0311 e. The maximum atomic E-state index is 5.40. The van der Waals surface area contributed by atoms with Gasteiger partial charge in [-0.2, -0.15) is 0 Å². The van der Waals surface area contributed by atoms with Crippen LogP contribution in [-0.2, 0) is 0 Å². The second-order valence-electron chi connectivity index (χ2n) is 4.13. The second-order valence-corrected chi connectivity index (χ2v) is 4.13. The third kappa shape index (κ3) is 14.0. The van der Waals surface area contributed by atoms with Gasteiger partial charge in [0.1, 0.15) is 0 Å². The van der Waals surface area contributed by atoms with Gasteiger partial charge in [-0.1, -0.05) is 42.5 Å². The van der Waals surface area contributed by atoms with Crippen molar-refractivity contribution in [3.05, 3.63) is 72.2 Å². The molecule has 2 nitrogen and oxygen atoms in total. The first kappa shape index (κ1) is 18.4. The molecule has 0 bridgehead atoms. The summed E-state index contributed by atoms with van der Waals surface area (Å²) in [4.78, 5) is 0. The molecule has 0 aliphatic carbocycles. The first-order valence-corrected chi connectivity index (χ1v) is 5.79. The van der Waals surface area contributed by atoms with Gasteiger partial charge in [0.2, 0.25) is 0 Å². The molecule has 4 N–H and O–H groups in total. The lowest BCUT2D eigenvalue weighted by Gasteiger charge is -1.90. The molecule has 0 saturated heterocycles. The quantitative estimate of drug-likeness (QED) is 0.738. The number of rotatable bonds is 4. The molecule has 2 heteroatoms. The third-order valence-corrected chi connectivity index (χ3v) is 1.79. The lowest BCUT2D eigenvalue weighted by Crippen LogP contribution is -1.92. The van der Waals surface area contributed by atoms with Crippen LogP contribution < -0.4 is 11.5 Å². The number of hydrogen-bond acceptors (Lipinski definition) is 2. The van der Waals surface area contributed by atoms with Gasteiger partial charge in [-0.05, 0) is 51.6 Å². The van der Waals surface area contributed by atoms with Crippen LogP contribution >= 0.6 is 0 Å². The predicted octanol–water partition coefficient (Wildman–Crippen LogP) is 3.96. The minimum atomic E-state index is 0.634. The van der Waals surface area contributed by atoms with Crippen LogP contribution in [0.2, 0.25) is 0 Å². The molecule has 0 fully saturated rings. The van der Waals surface area contributed by atoms with Crippen molar-refractivity contribution in [3.8, 4) is 0 Å². The Bertz CT molecular complexity index is 376. The lowest BCUT2D eigenvalue weighted by atomic mass is 10.2. The summed E-state index contributed by atoms with van der Waals surface area (Å²) in [5, 5.41) is 0. The summed E-state index contributed by atoms with van der Waals surface area (Å²) in [7, 11) is 0. The Labute approximate surface area is 112 Å². The average molecular weight is 246 g/mol. The van der Waals surface area contributed by atoms with E-state index in [2.05, 4.69) is 40.0 Å². The van der Waals surface area contributed by atoms with Gasteiger partial charge in [-0.25, -0.2) is 0 Å². The maximum Gasteiger partial charge on any atom is 0.0311 e. The molecule has 18 heavy (non-hydrogen) atoms. The zero-order valence-corrected chi connectivity index (χ0v) is 12.0. The highest BCUT2D eigenvalue weighted by Gasteiger charge is 1.80. The Hall–Kier alpha value is -1.96. The fourth-order valence-electron chi connectivity index (χ4n) is 1.06. The van der Waals surface area contributed by atoms with E-state index in [1.54, 1.807) is 18.2 Å². The summed E-state index contributed by atoms with van der Waals surface area (Å²) in [5.41, 5.74) is 14.7. The van der Waals surface area contributed by atoms with Crippen LogP contribution in [0, 0.1) is 0 Å². The standard InChI is InChI=1S/C9H14.C7H12N2/c1-5-6-9(4)7-8(2)3;1-3-7(9)4-6(2)5-8/h5-7H,1H2,2-4H3;3-5H,1,8-9H2,2H3/b9-6-;6-5-,7-4+. The van der Waals surface area contributed by atoms with Gasteiger partial charge in [-0.15, -0.1) is 0 Å². The van der Waals surface area contributed by atoms with Gasteiger partial charge < -0.3 is 11.5 Å². The van der Waals surface area contributed by atoms with E-state index in [1.807, 2.05) is 13.0 Å². The van der Waals surface area contributed by atoms with Gasteiger partial charge >= 0.3 is 0 Å². The van der Waals surface area contributed by atoms with Crippen LogP contribution in [0.5, 0.6) is 0 Å². The van der Waals surface area contributed by atoms with E-state index in [0.29, 0.717) is 5.70 Å². The molecular formula is C16H26N2. The van der Waals surface area contributed by atoms with Gasteiger partial charge in [0.15, 0.2) is 0 Å². The van der Waals surface area contributed by atoms with Crippen molar-refractivity contribution in [1.29, 1.82) is 0 Å². The first-order chi connectivity index (χ1) is 8.37. The zero-order valence-electron chi connectivity index (χ0n) is 12.0. The minimum absolute atomic E-state index is 0.634. The Balaban J connectivity index is 0. The van der Waals surface area contributed by atoms with Gasteiger partial charge in [-0.3, -0.25) is 0 Å². The SMILES string of the molecule is C=C/C(N)=C\C(C)=C/N.C=C/C=C(/C)C=C(C)C. The Morgan fingerprint density at radius 1 is 0.944 bits per heavy atom. The van der Waals surface area contributed by atoms with Crippen LogP contribution in [-0.4, -0.2) is 0 Å². The van der Waals surface area contributed by atoms with Crippen molar-refractivity contribution in [2.75, 3.05) is 0 Å².